The number of nitrogens with zero attached hydrogens (tertiary/aromatic N) is 1. The Morgan fingerprint density at radius 1 is 0.879 bits per heavy atom. The largest absolute Gasteiger partial charge is 0.494 e. The number of benzene rings is 3. The average molecular weight is 448 g/mol. The smallest absolute Gasteiger partial charge is 0.282 e. The summed E-state index contributed by atoms with van der Waals surface area (Å²) in [4.78, 5) is 27.4. The van der Waals surface area contributed by atoms with Gasteiger partial charge in [0.2, 0.25) is 0 Å². The lowest BCUT2D eigenvalue weighted by Gasteiger charge is -2.16. The number of ether oxygens (including phenoxy) is 1. The maximum Gasteiger partial charge on any atom is 0.282 e. The molecule has 0 unspecified atom stereocenters. The first-order valence-corrected chi connectivity index (χ1v) is 10.6. The van der Waals surface area contributed by atoms with Gasteiger partial charge >= 0.3 is 0 Å². The van der Waals surface area contributed by atoms with Crippen molar-refractivity contribution in [3.63, 3.8) is 0 Å². The van der Waals surface area contributed by atoms with Crippen LogP contribution in [0.3, 0.4) is 0 Å². The normalized spacial score (nSPS) is 13.6. The highest BCUT2D eigenvalue weighted by molar-refractivity contribution is 6.46. The van der Waals surface area contributed by atoms with Gasteiger partial charge in [-0.15, -0.1) is 0 Å². The fraction of sp³-hybridized carbons (Fsp3) is 0.154. The first-order chi connectivity index (χ1) is 15.9. The molecular formula is C26H22F2N2O3. The van der Waals surface area contributed by atoms with Crippen LogP contribution in [0.5, 0.6) is 5.75 Å². The van der Waals surface area contributed by atoms with E-state index in [-0.39, 0.29) is 11.3 Å². The molecule has 33 heavy (non-hydrogen) atoms. The Kier molecular flexibility index (Phi) is 6.22. The number of rotatable bonds is 7. The van der Waals surface area contributed by atoms with Crippen molar-refractivity contribution >= 4 is 28.8 Å². The van der Waals surface area contributed by atoms with Gasteiger partial charge in [-0.25, -0.2) is 13.7 Å². The van der Waals surface area contributed by atoms with Gasteiger partial charge in [0.25, 0.3) is 11.8 Å². The number of anilines is 2. The zero-order valence-electron chi connectivity index (χ0n) is 18.2. The van der Waals surface area contributed by atoms with E-state index in [2.05, 4.69) is 5.32 Å². The molecule has 1 heterocycles. The Morgan fingerprint density at radius 2 is 1.58 bits per heavy atom. The van der Waals surface area contributed by atoms with Crippen molar-refractivity contribution in [1.29, 1.82) is 0 Å². The van der Waals surface area contributed by atoms with Gasteiger partial charge in [-0.2, -0.15) is 0 Å². The van der Waals surface area contributed by atoms with E-state index in [1.807, 2.05) is 26.0 Å². The molecule has 3 aromatic rings. The van der Waals surface area contributed by atoms with E-state index in [9.17, 15) is 18.4 Å². The number of amides is 2. The van der Waals surface area contributed by atoms with E-state index in [1.54, 1.807) is 36.4 Å². The van der Waals surface area contributed by atoms with Crippen LogP contribution < -0.4 is 15.0 Å². The number of nitrogens with one attached hydrogen (secondary N) is 1. The first kappa shape index (κ1) is 22.2. The molecule has 0 radical (unpaired) electrons. The van der Waals surface area contributed by atoms with Gasteiger partial charge in [-0.1, -0.05) is 31.2 Å². The van der Waals surface area contributed by atoms with Crippen LogP contribution in [0.25, 0.3) is 5.57 Å². The van der Waals surface area contributed by atoms with Crippen LogP contribution in [0.1, 0.15) is 25.0 Å². The number of halogens is 2. The van der Waals surface area contributed by atoms with Gasteiger partial charge in [0.05, 0.1) is 17.9 Å². The summed E-state index contributed by atoms with van der Waals surface area (Å²) in [6.45, 7) is 4.36. The summed E-state index contributed by atoms with van der Waals surface area (Å²) >= 11 is 0. The molecule has 0 aromatic heterocycles. The second kappa shape index (κ2) is 9.24. The molecule has 168 valence electrons. The monoisotopic (exact) mass is 448 g/mol. The highest BCUT2D eigenvalue weighted by Crippen LogP contribution is 2.35. The second-order valence-electron chi connectivity index (χ2n) is 7.42. The fourth-order valence-electron chi connectivity index (χ4n) is 3.64. The van der Waals surface area contributed by atoms with Crippen LogP contribution in [0.2, 0.25) is 0 Å². The van der Waals surface area contributed by atoms with Gasteiger partial charge in [-0.05, 0) is 60.9 Å². The highest BCUT2D eigenvalue weighted by Gasteiger charge is 2.41. The van der Waals surface area contributed by atoms with E-state index in [1.165, 1.54) is 0 Å². The lowest BCUT2D eigenvalue weighted by atomic mass is 10.0. The minimum absolute atomic E-state index is 0.0166. The third kappa shape index (κ3) is 4.35. The van der Waals surface area contributed by atoms with E-state index in [4.69, 9.17) is 4.74 Å². The molecule has 0 spiro atoms. The molecule has 0 atom stereocenters. The molecule has 2 amide bonds. The molecule has 1 N–H and O–H groups in total. The quantitative estimate of drug-likeness (QED) is 0.497. The third-order valence-electron chi connectivity index (χ3n) is 5.32. The summed E-state index contributed by atoms with van der Waals surface area (Å²) in [6.07, 6.45) is 0.852. The van der Waals surface area contributed by atoms with Crippen LogP contribution in [0, 0.1) is 11.6 Å². The van der Waals surface area contributed by atoms with Crippen molar-refractivity contribution < 1.29 is 23.1 Å². The van der Waals surface area contributed by atoms with Crippen LogP contribution in [-0.4, -0.2) is 18.4 Å². The number of hydrogen-bond acceptors (Lipinski definition) is 4. The minimum atomic E-state index is -0.877. The summed E-state index contributed by atoms with van der Waals surface area (Å²) in [6, 6.07) is 16.7. The molecule has 3 aromatic carbocycles. The van der Waals surface area contributed by atoms with Crippen molar-refractivity contribution in [3.05, 3.63) is 95.2 Å². The van der Waals surface area contributed by atoms with Crippen LogP contribution >= 0.6 is 0 Å². The maximum absolute atomic E-state index is 14.5. The molecule has 1 aliphatic rings. The van der Waals surface area contributed by atoms with Gasteiger partial charge in [0.15, 0.2) is 0 Å². The lowest BCUT2D eigenvalue weighted by molar-refractivity contribution is -0.120. The molecule has 7 heteroatoms. The molecule has 0 aliphatic carbocycles. The van der Waals surface area contributed by atoms with E-state index in [0.717, 1.165) is 30.2 Å². The summed E-state index contributed by atoms with van der Waals surface area (Å²) in [5.41, 5.74) is 1.76. The van der Waals surface area contributed by atoms with Crippen molar-refractivity contribution in [2.45, 2.75) is 20.3 Å². The van der Waals surface area contributed by atoms with Crippen molar-refractivity contribution in [2.24, 2.45) is 0 Å². The number of hydrogen-bond donors (Lipinski definition) is 1. The topological polar surface area (TPSA) is 58.6 Å². The molecule has 0 fully saturated rings. The predicted molar refractivity (Wildman–Crippen MR) is 123 cm³/mol. The van der Waals surface area contributed by atoms with Crippen molar-refractivity contribution in [3.8, 4) is 5.75 Å². The van der Waals surface area contributed by atoms with Gasteiger partial charge < -0.3 is 10.1 Å². The highest BCUT2D eigenvalue weighted by atomic mass is 19.1. The standard InChI is InChI=1S/C26H22F2N2O3/c1-3-16-5-10-19(11-6-16)29-24-23(17-7-12-20(13-8-17)33-4-2)25(31)30(26(24)32)22-15-18(27)9-14-21(22)28/h5-15,29H,3-4H2,1-2H3. The summed E-state index contributed by atoms with van der Waals surface area (Å²) in [5, 5.41) is 3.01. The molecular weight excluding hydrogens is 426 g/mol. The molecule has 0 saturated heterocycles. The maximum atomic E-state index is 14.5. The van der Waals surface area contributed by atoms with Gasteiger partial charge in [-0.3, -0.25) is 9.59 Å². The molecule has 1 aliphatic heterocycles. The second-order valence-corrected chi connectivity index (χ2v) is 7.42. The van der Waals surface area contributed by atoms with Crippen LogP contribution in [-0.2, 0) is 16.0 Å². The average Bonchev–Trinajstić information content (AvgIpc) is 3.06. The Hall–Kier alpha value is -4.00. The SMILES string of the molecule is CCOc1ccc(C2=C(Nc3ccc(CC)cc3)C(=O)N(c3cc(F)ccc3F)C2=O)cc1. The fourth-order valence-corrected chi connectivity index (χ4v) is 3.64. The van der Waals surface area contributed by atoms with Crippen LogP contribution in [0.15, 0.2) is 72.4 Å². The van der Waals surface area contributed by atoms with Gasteiger partial charge in [0, 0.05) is 11.8 Å². The molecule has 4 rings (SSSR count). The van der Waals surface area contributed by atoms with E-state index < -0.39 is 29.1 Å². The minimum Gasteiger partial charge on any atom is -0.494 e. The van der Waals surface area contributed by atoms with Gasteiger partial charge in [0.1, 0.15) is 23.1 Å². The Morgan fingerprint density at radius 3 is 2.21 bits per heavy atom. The molecule has 5 nitrogen and oxygen atoms in total. The van der Waals surface area contributed by atoms with E-state index in [0.29, 0.717) is 28.5 Å². The summed E-state index contributed by atoms with van der Waals surface area (Å²) < 4.78 is 33.8. The predicted octanol–water partition coefficient (Wildman–Crippen LogP) is 5.32. The lowest BCUT2D eigenvalue weighted by Crippen LogP contribution is -2.33. The Balaban J connectivity index is 1.80. The van der Waals surface area contributed by atoms with Crippen LogP contribution in [0.4, 0.5) is 20.2 Å². The zero-order valence-corrected chi connectivity index (χ0v) is 18.2. The number of carbonyl (C=O) groups is 2. The molecule has 0 saturated carbocycles. The van der Waals surface area contributed by atoms with Crippen molar-refractivity contribution in [1.82, 2.24) is 0 Å². The number of imide groups is 1. The number of aryl methyl sites for hydroxylation is 1. The third-order valence-corrected chi connectivity index (χ3v) is 5.32. The first-order valence-electron chi connectivity index (χ1n) is 10.6. The number of carbonyl (C=O) groups excluding carboxylic acids is 2. The Bertz CT molecular complexity index is 1240. The molecule has 0 bridgehead atoms. The zero-order chi connectivity index (χ0) is 23.5. The van der Waals surface area contributed by atoms with E-state index >= 15 is 0 Å². The van der Waals surface area contributed by atoms with Crippen molar-refractivity contribution in [2.75, 3.05) is 16.8 Å². The summed E-state index contributed by atoms with van der Waals surface area (Å²) in [5.74, 6) is -2.55. The Labute approximate surface area is 190 Å². The summed E-state index contributed by atoms with van der Waals surface area (Å²) in [7, 11) is 0.